The van der Waals surface area contributed by atoms with Gasteiger partial charge < -0.3 is 10.8 Å². The van der Waals surface area contributed by atoms with E-state index in [1.165, 1.54) is 0 Å². The van der Waals surface area contributed by atoms with Crippen LogP contribution in [-0.4, -0.2) is 35.3 Å². The molecule has 2 fully saturated rings. The first kappa shape index (κ1) is 23.4. The molecule has 3 heterocycles. The molecule has 2 saturated carbocycles. The van der Waals surface area contributed by atoms with E-state index in [9.17, 15) is 5.11 Å². The lowest BCUT2D eigenvalue weighted by molar-refractivity contribution is -0.106. The third kappa shape index (κ3) is 3.64. The molecule has 0 spiro atoms. The Kier molecular flexibility index (Phi) is 4.88. The second-order valence-corrected chi connectivity index (χ2v) is 12.3. The fourth-order valence-corrected chi connectivity index (χ4v) is 6.08. The van der Waals surface area contributed by atoms with E-state index in [-0.39, 0.29) is 5.41 Å². The van der Waals surface area contributed by atoms with Gasteiger partial charge in [-0.15, -0.1) is 10.2 Å². The van der Waals surface area contributed by atoms with Crippen LogP contribution in [0.25, 0.3) is 39.3 Å². The summed E-state index contributed by atoms with van der Waals surface area (Å²) >= 11 is 0. The SMILES string of the molecule is CC(C)(C)c1nnc2ccc3nc(-c4ccc(C5(N)CC(O)(C6CC6)C5)cc4)c(-c4ccccc4)nc3n12. The average Bonchev–Trinajstić information content (AvgIpc) is 3.65. The molecule has 3 aromatic heterocycles. The topological polar surface area (TPSA) is 102 Å². The van der Waals surface area contributed by atoms with Gasteiger partial charge >= 0.3 is 0 Å². The molecule has 0 saturated heterocycles. The van der Waals surface area contributed by atoms with Gasteiger partial charge in [-0.1, -0.05) is 75.4 Å². The van der Waals surface area contributed by atoms with Crippen LogP contribution in [0, 0.1) is 5.92 Å². The van der Waals surface area contributed by atoms with Crippen molar-refractivity contribution in [1.29, 1.82) is 0 Å². The van der Waals surface area contributed by atoms with E-state index in [0.717, 1.165) is 63.6 Å². The van der Waals surface area contributed by atoms with Crippen LogP contribution in [0.2, 0.25) is 0 Å². The van der Waals surface area contributed by atoms with E-state index in [2.05, 4.69) is 67.4 Å². The predicted molar refractivity (Wildman–Crippen MR) is 148 cm³/mol. The summed E-state index contributed by atoms with van der Waals surface area (Å²) in [5.74, 6) is 1.28. The Morgan fingerprint density at radius 3 is 2.16 bits per heavy atom. The molecule has 5 aromatic rings. The predicted octanol–water partition coefficient (Wildman–Crippen LogP) is 5.39. The molecule has 192 valence electrons. The monoisotopic (exact) mass is 504 g/mol. The van der Waals surface area contributed by atoms with E-state index in [1.54, 1.807) is 0 Å². The number of fused-ring (bicyclic) bond motifs is 3. The molecular formula is C31H32N6O. The zero-order valence-electron chi connectivity index (χ0n) is 22.0. The molecule has 0 unspecified atom stereocenters. The Bertz CT molecular complexity index is 1670. The van der Waals surface area contributed by atoms with Crippen LogP contribution in [0.4, 0.5) is 0 Å². The van der Waals surface area contributed by atoms with Gasteiger partial charge in [0.1, 0.15) is 11.3 Å². The van der Waals surface area contributed by atoms with Gasteiger partial charge in [0.05, 0.1) is 17.0 Å². The van der Waals surface area contributed by atoms with Gasteiger partial charge in [-0.25, -0.2) is 9.97 Å². The van der Waals surface area contributed by atoms with E-state index in [1.807, 2.05) is 34.7 Å². The van der Waals surface area contributed by atoms with E-state index in [0.29, 0.717) is 18.8 Å². The van der Waals surface area contributed by atoms with Crippen LogP contribution >= 0.6 is 0 Å². The number of aliphatic hydroxyl groups is 1. The van der Waals surface area contributed by atoms with Gasteiger partial charge in [0, 0.05) is 22.1 Å². The van der Waals surface area contributed by atoms with Crippen molar-refractivity contribution in [2.24, 2.45) is 11.7 Å². The molecule has 2 aliphatic rings. The summed E-state index contributed by atoms with van der Waals surface area (Å²) in [5.41, 5.74) is 12.4. The number of benzene rings is 2. The number of hydrogen-bond donors (Lipinski definition) is 2. The highest BCUT2D eigenvalue weighted by Gasteiger charge is 2.58. The number of hydrogen-bond acceptors (Lipinski definition) is 6. The molecule has 7 rings (SSSR count). The highest BCUT2D eigenvalue weighted by molar-refractivity contribution is 5.86. The second-order valence-electron chi connectivity index (χ2n) is 12.3. The highest BCUT2D eigenvalue weighted by atomic mass is 16.3. The number of nitrogens with zero attached hydrogens (tertiary/aromatic N) is 5. The summed E-state index contributed by atoms with van der Waals surface area (Å²) in [4.78, 5) is 10.3. The van der Waals surface area contributed by atoms with Gasteiger partial charge in [0.2, 0.25) is 0 Å². The zero-order chi connectivity index (χ0) is 26.3. The number of pyridine rings is 1. The lowest BCUT2D eigenvalue weighted by Gasteiger charge is -2.52. The quantitative estimate of drug-likeness (QED) is 0.340. The summed E-state index contributed by atoms with van der Waals surface area (Å²) in [5, 5.41) is 19.8. The molecule has 7 nitrogen and oxygen atoms in total. The smallest absolute Gasteiger partial charge is 0.166 e. The van der Waals surface area contributed by atoms with Crippen molar-refractivity contribution in [3.63, 3.8) is 0 Å². The Morgan fingerprint density at radius 1 is 0.842 bits per heavy atom. The Morgan fingerprint density at radius 2 is 1.50 bits per heavy atom. The zero-order valence-corrected chi connectivity index (χ0v) is 22.0. The van der Waals surface area contributed by atoms with Crippen molar-refractivity contribution < 1.29 is 5.11 Å². The van der Waals surface area contributed by atoms with E-state index >= 15 is 0 Å². The summed E-state index contributed by atoms with van der Waals surface area (Å²) in [6, 6.07) is 22.4. The van der Waals surface area contributed by atoms with Crippen molar-refractivity contribution in [3.8, 4) is 22.5 Å². The maximum atomic E-state index is 10.9. The normalized spacial score (nSPS) is 23.6. The summed E-state index contributed by atoms with van der Waals surface area (Å²) in [6.45, 7) is 6.38. The van der Waals surface area contributed by atoms with Crippen LogP contribution in [0.1, 0.15) is 57.8 Å². The lowest BCUT2D eigenvalue weighted by atomic mass is 9.60. The van der Waals surface area contributed by atoms with Crippen molar-refractivity contribution in [1.82, 2.24) is 24.6 Å². The molecule has 3 N–H and O–H groups in total. The fraction of sp³-hybridized carbons (Fsp3) is 0.355. The molecule has 0 atom stereocenters. The Hall–Kier alpha value is -3.68. The third-order valence-corrected chi connectivity index (χ3v) is 8.23. The van der Waals surface area contributed by atoms with Crippen LogP contribution in [0.15, 0.2) is 66.7 Å². The Labute approximate surface area is 221 Å². The average molecular weight is 505 g/mol. The third-order valence-electron chi connectivity index (χ3n) is 8.23. The summed E-state index contributed by atoms with van der Waals surface area (Å²) in [6.07, 6.45) is 3.49. The minimum absolute atomic E-state index is 0.206. The minimum Gasteiger partial charge on any atom is -0.389 e. The molecule has 0 radical (unpaired) electrons. The minimum atomic E-state index is -0.586. The molecule has 0 bridgehead atoms. The first-order valence-electron chi connectivity index (χ1n) is 13.4. The van der Waals surface area contributed by atoms with Crippen molar-refractivity contribution >= 4 is 16.8 Å². The first-order chi connectivity index (χ1) is 18.1. The van der Waals surface area contributed by atoms with Gasteiger partial charge in [0.25, 0.3) is 0 Å². The van der Waals surface area contributed by atoms with E-state index < -0.39 is 11.1 Å². The summed E-state index contributed by atoms with van der Waals surface area (Å²) < 4.78 is 2.03. The maximum absolute atomic E-state index is 10.9. The van der Waals surface area contributed by atoms with Crippen LogP contribution in [-0.2, 0) is 11.0 Å². The molecule has 38 heavy (non-hydrogen) atoms. The molecule has 0 amide bonds. The number of rotatable bonds is 4. The molecule has 0 aliphatic heterocycles. The molecule has 7 heteroatoms. The maximum Gasteiger partial charge on any atom is 0.166 e. The van der Waals surface area contributed by atoms with Gasteiger partial charge in [0.15, 0.2) is 11.3 Å². The largest absolute Gasteiger partial charge is 0.389 e. The fourth-order valence-electron chi connectivity index (χ4n) is 6.08. The standard InChI is InChI=1S/C31H32N6O/c1-29(2,3)28-36-35-24-16-15-23-27(37(24)28)34-26(19-7-5-4-6-8-19)25(33-23)20-9-11-21(12-10-20)30(32)17-31(38,18-30)22-13-14-22/h4-12,15-16,22,38H,13-14,17-18,32H2,1-3H3. The van der Waals surface area contributed by atoms with Crippen molar-refractivity contribution in [3.05, 3.63) is 78.1 Å². The van der Waals surface area contributed by atoms with Crippen molar-refractivity contribution in [2.45, 2.75) is 63.0 Å². The van der Waals surface area contributed by atoms with Crippen LogP contribution in [0.3, 0.4) is 0 Å². The second kappa shape index (κ2) is 7.91. The number of aromatic nitrogens is 5. The lowest BCUT2D eigenvalue weighted by Crippen LogP contribution is -2.60. The molecular weight excluding hydrogens is 472 g/mol. The Balaban J connectivity index is 1.36. The number of nitrogens with two attached hydrogens (primary N) is 1. The summed E-state index contributed by atoms with van der Waals surface area (Å²) in [7, 11) is 0. The highest BCUT2D eigenvalue weighted by Crippen LogP contribution is 2.57. The van der Waals surface area contributed by atoms with Crippen LogP contribution < -0.4 is 5.73 Å². The molecule has 2 aliphatic carbocycles. The van der Waals surface area contributed by atoms with Crippen LogP contribution in [0.5, 0.6) is 0 Å². The van der Waals surface area contributed by atoms with Crippen molar-refractivity contribution in [2.75, 3.05) is 0 Å². The molecule has 2 aromatic carbocycles. The first-order valence-corrected chi connectivity index (χ1v) is 13.4. The van der Waals surface area contributed by atoms with E-state index in [4.69, 9.17) is 15.7 Å². The van der Waals surface area contributed by atoms with Gasteiger partial charge in [-0.3, -0.25) is 4.40 Å². The van der Waals surface area contributed by atoms with Gasteiger partial charge in [-0.2, -0.15) is 0 Å². The van der Waals surface area contributed by atoms with Gasteiger partial charge in [-0.05, 0) is 49.3 Å².